The molecule has 7 heteroatoms. The van der Waals surface area contributed by atoms with Crippen LogP contribution in [0.15, 0.2) is 66.7 Å². The number of benzene rings is 3. The monoisotopic (exact) mass is 473 g/mol. The highest BCUT2D eigenvalue weighted by atomic mass is 35.5. The molecule has 3 aromatic rings. The molecular formula is C24H18Cl3NO3. The van der Waals surface area contributed by atoms with Crippen LogP contribution in [0.2, 0.25) is 15.1 Å². The number of anilines is 1. The lowest BCUT2D eigenvalue weighted by Crippen LogP contribution is -2.41. The van der Waals surface area contributed by atoms with Crippen LogP contribution in [0.4, 0.5) is 5.69 Å². The quantitative estimate of drug-likeness (QED) is 0.426. The zero-order valence-corrected chi connectivity index (χ0v) is 19.0. The number of carbonyl (C=O) groups is 2. The van der Waals surface area contributed by atoms with Gasteiger partial charge < -0.3 is 4.74 Å². The molecule has 1 unspecified atom stereocenters. The number of carbonyl (C=O) groups excluding carboxylic acids is 2. The highest BCUT2D eigenvalue weighted by Gasteiger charge is 2.59. The minimum atomic E-state index is -1.25. The van der Waals surface area contributed by atoms with Gasteiger partial charge in [0.25, 0.3) is 0 Å². The van der Waals surface area contributed by atoms with Crippen molar-refractivity contribution in [3.63, 3.8) is 0 Å². The standard InChI is InChI=1S/C24H18Cl3NO3/c1-14-22(29)28(20-12-18(26)11-19(27)13-20)23(30)24(14,15-3-7-17(25)8-4-15)16-5-9-21(31-2)10-6-16/h3-14H,1-2H3/t14?,24-/m1/s1. The third-order valence-corrected chi connectivity index (χ3v) is 6.42. The molecule has 0 bridgehead atoms. The summed E-state index contributed by atoms with van der Waals surface area (Å²) >= 11 is 18.4. The maximum atomic E-state index is 14.1. The molecule has 1 heterocycles. The fraction of sp³-hybridized carbons (Fsp3) is 0.167. The fourth-order valence-corrected chi connectivity index (χ4v) is 4.87. The molecule has 0 radical (unpaired) electrons. The zero-order valence-electron chi connectivity index (χ0n) is 16.7. The van der Waals surface area contributed by atoms with Crippen molar-refractivity contribution in [2.45, 2.75) is 12.3 Å². The second-order valence-corrected chi connectivity index (χ2v) is 8.68. The van der Waals surface area contributed by atoms with Crippen LogP contribution in [0.3, 0.4) is 0 Å². The van der Waals surface area contributed by atoms with Crippen LogP contribution in [0.25, 0.3) is 0 Å². The fourth-order valence-electron chi connectivity index (χ4n) is 4.23. The van der Waals surface area contributed by atoms with E-state index in [0.29, 0.717) is 37.6 Å². The van der Waals surface area contributed by atoms with E-state index in [2.05, 4.69) is 0 Å². The van der Waals surface area contributed by atoms with Crippen molar-refractivity contribution in [2.24, 2.45) is 5.92 Å². The van der Waals surface area contributed by atoms with Gasteiger partial charge in [-0.1, -0.05) is 66.0 Å². The summed E-state index contributed by atoms with van der Waals surface area (Å²) in [5.74, 6) is -0.754. The topological polar surface area (TPSA) is 46.6 Å². The Hall–Kier alpha value is -2.53. The predicted octanol–water partition coefficient (Wildman–Crippen LogP) is 6.15. The van der Waals surface area contributed by atoms with Gasteiger partial charge in [0.05, 0.1) is 18.7 Å². The van der Waals surface area contributed by atoms with Crippen molar-refractivity contribution in [3.8, 4) is 5.75 Å². The highest BCUT2D eigenvalue weighted by molar-refractivity contribution is 6.36. The van der Waals surface area contributed by atoms with Gasteiger partial charge in [-0.15, -0.1) is 0 Å². The molecule has 2 amide bonds. The van der Waals surface area contributed by atoms with Gasteiger partial charge in [-0.05, 0) is 53.6 Å². The molecule has 0 saturated carbocycles. The van der Waals surface area contributed by atoms with Crippen molar-refractivity contribution in [3.05, 3.63) is 92.9 Å². The molecule has 0 spiro atoms. The Morgan fingerprint density at radius 1 is 0.806 bits per heavy atom. The van der Waals surface area contributed by atoms with Crippen molar-refractivity contribution in [1.29, 1.82) is 0 Å². The first-order valence-electron chi connectivity index (χ1n) is 9.54. The number of ether oxygens (including phenoxy) is 1. The summed E-state index contributed by atoms with van der Waals surface area (Å²) in [5.41, 5.74) is 0.437. The summed E-state index contributed by atoms with van der Waals surface area (Å²) in [6.07, 6.45) is 0. The van der Waals surface area contributed by atoms with Crippen LogP contribution in [0.1, 0.15) is 18.1 Å². The van der Waals surface area contributed by atoms with Crippen LogP contribution in [0.5, 0.6) is 5.75 Å². The minimum absolute atomic E-state index is 0.337. The van der Waals surface area contributed by atoms with Gasteiger partial charge in [-0.2, -0.15) is 0 Å². The van der Waals surface area contributed by atoms with E-state index in [0.717, 1.165) is 0 Å². The molecule has 0 N–H and O–H groups in total. The summed E-state index contributed by atoms with van der Waals surface area (Å²) in [6.45, 7) is 1.76. The van der Waals surface area contributed by atoms with Crippen LogP contribution in [0, 0.1) is 5.92 Å². The third kappa shape index (κ3) is 3.49. The van der Waals surface area contributed by atoms with Crippen LogP contribution < -0.4 is 9.64 Å². The normalized spacial score (nSPS) is 20.9. The van der Waals surface area contributed by atoms with Crippen LogP contribution >= 0.6 is 34.8 Å². The lowest BCUT2D eigenvalue weighted by atomic mass is 9.67. The van der Waals surface area contributed by atoms with Gasteiger partial charge in [-0.25, -0.2) is 4.90 Å². The lowest BCUT2D eigenvalue weighted by molar-refractivity contribution is -0.122. The Morgan fingerprint density at radius 2 is 1.32 bits per heavy atom. The van der Waals surface area contributed by atoms with E-state index in [1.165, 1.54) is 4.90 Å². The van der Waals surface area contributed by atoms with Gasteiger partial charge in [0, 0.05) is 15.1 Å². The number of amides is 2. The number of halogens is 3. The third-order valence-electron chi connectivity index (χ3n) is 5.73. The average Bonchev–Trinajstić information content (AvgIpc) is 2.94. The molecule has 1 saturated heterocycles. The summed E-state index contributed by atoms with van der Waals surface area (Å²) in [4.78, 5) is 28.7. The average molecular weight is 475 g/mol. The lowest BCUT2D eigenvalue weighted by Gasteiger charge is -2.31. The number of rotatable bonds is 4. The first-order chi connectivity index (χ1) is 14.8. The molecule has 2 atom stereocenters. The Kier molecular flexibility index (Phi) is 5.73. The van der Waals surface area contributed by atoms with Crippen LogP contribution in [-0.4, -0.2) is 18.9 Å². The molecule has 158 valence electrons. The minimum Gasteiger partial charge on any atom is -0.497 e. The second kappa shape index (κ2) is 8.19. The van der Waals surface area contributed by atoms with Gasteiger partial charge in [0.15, 0.2) is 0 Å². The van der Waals surface area contributed by atoms with E-state index in [1.54, 1.807) is 68.6 Å². The largest absolute Gasteiger partial charge is 0.497 e. The first-order valence-corrected chi connectivity index (χ1v) is 10.7. The highest BCUT2D eigenvalue weighted by Crippen LogP contribution is 2.48. The zero-order chi connectivity index (χ0) is 22.3. The number of imide groups is 1. The van der Waals surface area contributed by atoms with Gasteiger partial charge in [0.2, 0.25) is 11.8 Å². The Morgan fingerprint density at radius 3 is 1.84 bits per heavy atom. The number of hydrogen-bond donors (Lipinski definition) is 0. The molecule has 1 aliphatic rings. The van der Waals surface area contributed by atoms with E-state index in [1.807, 2.05) is 12.1 Å². The Balaban J connectivity index is 1.96. The summed E-state index contributed by atoms with van der Waals surface area (Å²) in [6, 6.07) is 18.8. The molecule has 0 aliphatic carbocycles. The second-order valence-electron chi connectivity index (χ2n) is 7.37. The van der Waals surface area contributed by atoms with Crippen LogP contribution in [-0.2, 0) is 15.0 Å². The van der Waals surface area contributed by atoms with Crippen molar-refractivity contribution >= 4 is 52.3 Å². The molecule has 1 fully saturated rings. The predicted molar refractivity (Wildman–Crippen MR) is 123 cm³/mol. The molecule has 31 heavy (non-hydrogen) atoms. The van der Waals surface area contributed by atoms with Crippen molar-refractivity contribution < 1.29 is 14.3 Å². The molecule has 3 aromatic carbocycles. The Bertz CT molecular complexity index is 1140. The molecular weight excluding hydrogens is 457 g/mol. The molecule has 4 nitrogen and oxygen atoms in total. The maximum Gasteiger partial charge on any atom is 0.249 e. The molecule has 1 aliphatic heterocycles. The van der Waals surface area contributed by atoms with E-state index in [-0.39, 0.29) is 11.8 Å². The summed E-state index contributed by atoms with van der Waals surface area (Å²) < 4.78 is 5.27. The van der Waals surface area contributed by atoms with Gasteiger partial charge in [-0.3, -0.25) is 9.59 Å². The van der Waals surface area contributed by atoms with Crippen molar-refractivity contribution in [1.82, 2.24) is 0 Å². The van der Waals surface area contributed by atoms with E-state index in [9.17, 15) is 9.59 Å². The van der Waals surface area contributed by atoms with Gasteiger partial charge in [0.1, 0.15) is 11.2 Å². The van der Waals surface area contributed by atoms with Crippen molar-refractivity contribution in [2.75, 3.05) is 12.0 Å². The summed E-state index contributed by atoms with van der Waals surface area (Å²) in [7, 11) is 1.57. The first kappa shape index (κ1) is 21.7. The number of nitrogens with zero attached hydrogens (tertiary/aromatic N) is 1. The molecule has 0 aromatic heterocycles. The van der Waals surface area contributed by atoms with Gasteiger partial charge >= 0.3 is 0 Å². The van der Waals surface area contributed by atoms with E-state index < -0.39 is 11.3 Å². The van der Waals surface area contributed by atoms with E-state index >= 15 is 0 Å². The molecule has 4 rings (SSSR count). The maximum absolute atomic E-state index is 14.1. The number of methoxy groups -OCH3 is 1. The SMILES string of the molecule is COc1ccc([C@@]2(c3ccc(Cl)cc3)C(=O)N(c3cc(Cl)cc(Cl)c3)C(=O)C2C)cc1. The Labute approximate surface area is 195 Å². The number of hydrogen-bond acceptors (Lipinski definition) is 3. The summed E-state index contributed by atoms with van der Waals surface area (Å²) in [5, 5.41) is 1.21. The van der Waals surface area contributed by atoms with E-state index in [4.69, 9.17) is 39.5 Å². The smallest absolute Gasteiger partial charge is 0.249 e.